The van der Waals surface area contributed by atoms with Gasteiger partial charge in [0.05, 0.1) is 15.9 Å². The van der Waals surface area contributed by atoms with E-state index in [9.17, 15) is 23.1 Å². The highest BCUT2D eigenvalue weighted by Gasteiger charge is 2.22. The van der Waals surface area contributed by atoms with Crippen LogP contribution in [0, 0.1) is 6.92 Å². The topological polar surface area (TPSA) is 164 Å². The zero-order valence-electron chi connectivity index (χ0n) is 16.4. The van der Waals surface area contributed by atoms with Gasteiger partial charge in [0.2, 0.25) is 0 Å². The van der Waals surface area contributed by atoms with Crippen LogP contribution in [-0.4, -0.2) is 40.5 Å². The monoisotopic (exact) mass is 453 g/mol. The van der Waals surface area contributed by atoms with Crippen LogP contribution in [0.1, 0.15) is 26.7 Å². The van der Waals surface area contributed by atoms with Gasteiger partial charge in [0, 0.05) is 11.8 Å². The number of nitrogens with one attached hydrogen (secondary N) is 2. The number of aryl methyl sites for hydroxylation is 1. The third-order valence-electron chi connectivity index (χ3n) is 4.28. The van der Waals surface area contributed by atoms with Crippen molar-refractivity contribution >= 4 is 44.4 Å². The number of amides is 1. The van der Waals surface area contributed by atoms with Gasteiger partial charge in [0.25, 0.3) is 15.9 Å². The molecule has 0 saturated carbocycles. The van der Waals surface area contributed by atoms with E-state index in [2.05, 4.69) is 25.2 Å². The number of fused-ring (bicyclic) bond motifs is 1. The molecule has 0 radical (unpaired) electrons. The lowest BCUT2D eigenvalue weighted by Gasteiger charge is -2.09. The summed E-state index contributed by atoms with van der Waals surface area (Å²) in [6.07, 6.45) is 0. The number of para-hydroxylation sites is 2. The van der Waals surface area contributed by atoms with Crippen molar-refractivity contribution in [2.75, 3.05) is 10.0 Å². The Morgan fingerprint density at radius 1 is 0.969 bits per heavy atom. The lowest BCUT2D eigenvalue weighted by Crippen LogP contribution is -2.20. The number of carboxylic acids is 1. The number of nitrogens with zero attached hydrogens (tertiary/aromatic N) is 3. The molecule has 0 aliphatic rings. The van der Waals surface area contributed by atoms with Crippen molar-refractivity contribution in [3.8, 4) is 0 Å². The number of aromatic nitrogens is 3. The highest BCUT2D eigenvalue weighted by molar-refractivity contribution is 7.92. The van der Waals surface area contributed by atoms with E-state index in [4.69, 9.17) is 4.52 Å². The zero-order chi connectivity index (χ0) is 22.9. The third kappa shape index (κ3) is 4.25. The Morgan fingerprint density at radius 2 is 1.59 bits per heavy atom. The van der Waals surface area contributed by atoms with Gasteiger partial charge in [-0.05, 0) is 43.3 Å². The molecule has 3 N–H and O–H groups in total. The second-order valence-electron chi connectivity index (χ2n) is 6.62. The number of carboxylic acid groups (broad SMARTS) is 1. The average molecular weight is 453 g/mol. The molecule has 0 aliphatic heterocycles. The Hall–Kier alpha value is -4.32. The van der Waals surface area contributed by atoms with Gasteiger partial charge in [0.1, 0.15) is 5.76 Å². The summed E-state index contributed by atoms with van der Waals surface area (Å²) in [6, 6.07) is 13.2. The van der Waals surface area contributed by atoms with Crippen LogP contribution in [-0.2, 0) is 10.0 Å². The molecule has 162 valence electrons. The van der Waals surface area contributed by atoms with Crippen molar-refractivity contribution < 1.29 is 27.6 Å². The van der Waals surface area contributed by atoms with Crippen LogP contribution >= 0.6 is 0 Å². The fourth-order valence-electron chi connectivity index (χ4n) is 2.83. The highest BCUT2D eigenvalue weighted by Crippen LogP contribution is 2.19. The number of carbonyl (C=O) groups excluding carboxylic acids is 1. The van der Waals surface area contributed by atoms with Crippen LogP contribution in [0.4, 0.5) is 11.5 Å². The first kappa shape index (κ1) is 20.9. The Bertz CT molecular complexity index is 1450. The minimum absolute atomic E-state index is 0.0379. The molecule has 4 aromatic rings. The summed E-state index contributed by atoms with van der Waals surface area (Å²) < 4.78 is 32.0. The predicted octanol–water partition coefficient (Wildman–Crippen LogP) is 2.68. The van der Waals surface area contributed by atoms with Crippen molar-refractivity contribution in [1.29, 1.82) is 0 Å². The molecule has 1 amide bonds. The standard InChI is InChI=1S/C20H15N5O6S/c1-11-10-16(24-31-11)25-32(29,30)13-8-6-12(7-9-13)21-19(26)17-18(20(27)28)23-15-5-3-2-4-14(15)22-17/h2-10H,1H3,(H,21,26)(H,24,25)(H,27,28). The second-order valence-corrected chi connectivity index (χ2v) is 8.30. The molecule has 0 spiro atoms. The first-order chi connectivity index (χ1) is 15.2. The van der Waals surface area contributed by atoms with Crippen LogP contribution in [0.5, 0.6) is 0 Å². The van der Waals surface area contributed by atoms with Crippen LogP contribution in [0.25, 0.3) is 11.0 Å². The number of sulfonamides is 1. The summed E-state index contributed by atoms with van der Waals surface area (Å²) in [5.41, 5.74) is 0.0741. The molecule has 2 aromatic carbocycles. The molecule has 0 unspecified atom stereocenters. The van der Waals surface area contributed by atoms with Crippen LogP contribution < -0.4 is 10.0 Å². The molecule has 0 atom stereocenters. The van der Waals surface area contributed by atoms with Gasteiger partial charge in [-0.2, -0.15) is 0 Å². The number of hydrogen-bond donors (Lipinski definition) is 3. The van der Waals surface area contributed by atoms with Crippen molar-refractivity contribution in [2.45, 2.75) is 11.8 Å². The van der Waals surface area contributed by atoms with Crippen molar-refractivity contribution in [3.63, 3.8) is 0 Å². The summed E-state index contributed by atoms with van der Waals surface area (Å²) in [7, 11) is -3.92. The molecule has 2 aromatic heterocycles. The number of aromatic carboxylic acids is 1. The van der Waals surface area contributed by atoms with Gasteiger partial charge in [-0.1, -0.05) is 17.3 Å². The van der Waals surface area contributed by atoms with E-state index in [0.29, 0.717) is 16.8 Å². The smallest absolute Gasteiger partial charge is 0.357 e. The van der Waals surface area contributed by atoms with E-state index in [-0.39, 0.29) is 22.1 Å². The maximum absolute atomic E-state index is 12.7. The van der Waals surface area contributed by atoms with Gasteiger partial charge in [-0.15, -0.1) is 0 Å². The fourth-order valence-corrected chi connectivity index (χ4v) is 3.81. The normalized spacial score (nSPS) is 11.3. The highest BCUT2D eigenvalue weighted by atomic mass is 32.2. The Balaban J connectivity index is 1.57. The molecule has 0 fully saturated rings. The van der Waals surface area contributed by atoms with Gasteiger partial charge < -0.3 is 14.9 Å². The predicted molar refractivity (Wildman–Crippen MR) is 113 cm³/mol. The van der Waals surface area contributed by atoms with Crippen molar-refractivity contribution in [2.24, 2.45) is 0 Å². The first-order valence-corrected chi connectivity index (χ1v) is 10.6. The van der Waals surface area contributed by atoms with E-state index in [0.717, 1.165) is 0 Å². The van der Waals surface area contributed by atoms with Crippen molar-refractivity contribution in [3.05, 3.63) is 71.7 Å². The third-order valence-corrected chi connectivity index (χ3v) is 5.65. The molecular formula is C20H15N5O6S. The number of benzene rings is 2. The lowest BCUT2D eigenvalue weighted by molar-refractivity contribution is 0.0685. The largest absolute Gasteiger partial charge is 0.476 e. The quantitative estimate of drug-likeness (QED) is 0.398. The van der Waals surface area contributed by atoms with Crippen LogP contribution in [0.15, 0.2) is 64.0 Å². The summed E-state index contributed by atoms with van der Waals surface area (Å²) in [5, 5.41) is 15.5. The SMILES string of the molecule is Cc1cc(NS(=O)(=O)c2ccc(NC(=O)c3nc4ccccc4nc3C(=O)O)cc2)no1. The van der Waals surface area contributed by atoms with Crippen LogP contribution in [0.3, 0.4) is 0 Å². The Labute approximate surface area is 181 Å². The van der Waals surface area contributed by atoms with Gasteiger partial charge in [0.15, 0.2) is 17.2 Å². The molecule has 0 aliphatic carbocycles. The molecule has 2 heterocycles. The molecule has 12 heteroatoms. The number of rotatable bonds is 6. The zero-order valence-corrected chi connectivity index (χ0v) is 17.3. The first-order valence-electron chi connectivity index (χ1n) is 9.10. The van der Waals surface area contributed by atoms with Gasteiger partial charge in [-0.3, -0.25) is 9.52 Å². The molecule has 0 bridgehead atoms. The van der Waals surface area contributed by atoms with Crippen molar-refractivity contribution in [1.82, 2.24) is 15.1 Å². The number of hydrogen-bond acceptors (Lipinski definition) is 8. The molecule has 32 heavy (non-hydrogen) atoms. The van der Waals surface area contributed by atoms with Gasteiger partial charge in [-0.25, -0.2) is 23.2 Å². The summed E-state index contributed by atoms with van der Waals surface area (Å²) in [5.74, 6) is -1.72. The van der Waals surface area contributed by atoms with E-state index >= 15 is 0 Å². The summed E-state index contributed by atoms with van der Waals surface area (Å²) in [4.78, 5) is 32.3. The van der Waals surface area contributed by atoms with E-state index in [1.165, 1.54) is 30.3 Å². The minimum Gasteiger partial charge on any atom is -0.476 e. The van der Waals surface area contributed by atoms with E-state index in [1.54, 1.807) is 31.2 Å². The van der Waals surface area contributed by atoms with E-state index < -0.39 is 27.6 Å². The maximum Gasteiger partial charge on any atom is 0.357 e. The number of anilines is 2. The number of carbonyl (C=O) groups is 2. The summed E-state index contributed by atoms with van der Waals surface area (Å²) >= 11 is 0. The Kier molecular flexibility index (Phi) is 5.28. The second kappa shape index (κ2) is 8.07. The molecule has 4 rings (SSSR count). The minimum atomic E-state index is -3.92. The van der Waals surface area contributed by atoms with E-state index in [1.807, 2.05) is 0 Å². The van der Waals surface area contributed by atoms with Gasteiger partial charge >= 0.3 is 5.97 Å². The fraction of sp³-hybridized carbons (Fsp3) is 0.0500. The Morgan fingerprint density at radius 3 is 2.16 bits per heavy atom. The lowest BCUT2D eigenvalue weighted by atomic mass is 10.2. The summed E-state index contributed by atoms with van der Waals surface area (Å²) in [6.45, 7) is 1.62. The molecule has 0 saturated heterocycles. The molecular weight excluding hydrogens is 438 g/mol. The molecule has 11 nitrogen and oxygen atoms in total. The average Bonchev–Trinajstić information content (AvgIpc) is 3.16. The van der Waals surface area contributed by atoms with Crippen LogP contribution in [0.2, 0.25) is 0 Å². The maximum atomic E-state index is 12.7.